The molecule has 0 aliphatic carbocycles. The summed E-state index contributed by atoms with van der Waals surface area (Å²) in [6.45, 7) is 12.8. The lowest BCUT2D eigenvalue weighted by Crippen LogP contribution is -2.31. The van der Waals surface area contributed by atoms with Gasteiger partial charge in [0.15, 0.2) is 0 Å². The van der Waals surface area contributed by atoms with Crippen molar-refractivity contribution in [1.29, 1.82) is 0 Å². The lowest BCUT2D eigenvalue weighted by Gasteiger charge is -2.28. The Hall–Kier alpha value is -2.05. The van der Waals surface area contributed by atoms with E-state index in [0.717, 1.165) is 11.3 Å². The van der Waals surface area contributed by atoms with E-state index in [1.807, 2.05) is 25.5 Å². The van der Waals surface area contributed by atoms with E-state index < -0.39 is 6.43 Å². The predicted molar refractivity (Wildman–Crippen MR) is 91.2 cm³/mol. The molecule has 24 heavy (non-hydrogen) atoms. The number of alkyl halides is 2. The highest BCUT2D eigenvalue weighted by atomic mass is 19.3. The maximum atomic E-state index is 13.2. The minimum absolute atomic E-state index is 0.0257. The van der Waals surface area contributed by atoms with Crippen molar-refractivity contribution in [3.63, 3.8) is 0 Å². The van der Waals surface area contributed by atoms with Crippen LogP contribution in [0.25, 0.3) is 11.3 Å². The van der Waals surface area contributed by atoms with Crippen molar-refractivity contribution in [2.45, 2.75) is 60.6 Å². The number of nitrogens with zero attached hydrogens (tertiary/aromatic N) is 4. The molecule has 2 rings (SSSR count). The summed E-state index contributed by atoms with van der Waals surface area (Å²) in [5.41, 5.74) is 1.76. The second-order valence-corrected chi connectivity index (χ2v) is 6.99. The lowest BCUT2D eigenvalue weighted by atomic mass is 9.88. The van der Waals surface area contributed by atoms with Gasteiger partial charge in [-0.2, -0.15) is 5.10 Å². The van der Waals surface area contributed by atoms with Crippen molar-refractivity contribution in [1.82, 2.24) is 19.7 Å². The number of halogens is 2. The quantitative estimate of drug-likeness (QED) is 0.875. The van der Waals surface area contributed by atoms with Gasteiger partial charge in [-0.3, -0.25) is 4.68 Å². The molecule has 0 unspecified atom stereocenters. The molecule has 0 saturated heterocycles. The van der Waals surface area contributed by atoms with Gasteiger partial charge < -0.3 is 5.32 Å². The smallest absolute Gasteiger partial charge is 0.280 e. The Morgan fingerprint density at radius 1 is 1.25 bits per heavy atom. The number of hydrogen-bond acceptors (Lipinski definition) is 4. The molecule has 0 radical (unpaired) electrons. The van der Waals surface area contributed by atoms with Gasteiger partial charge in [0.2, 0.25) is 5.95 Å². The molecule has 0 bridgehead atoms. The van der Waals surface area contributed by atoms with Crippen LogP contribution in [0.2, 0.25) is 0 Å². The molecule has 0 aromatic carbocycles. The second kappa shape index (κ2) is 6.83. The molecular formula is C17H25F2N5. The maximum Gasteiger partial charge on any atom is 0.280 e. The second-order valence-electron chi connectivity index (χ2n) is 6.99. The Morgan fingerprint density at radius 2 is 1.92 bits per heavy atom. The molecule has 0 aliphatic heterocycles. The number of rotatable bonds is 5. The summed E-state index contributed by atoms with van der Waals surface area (Å²) < 4.78 is 28.3. The van der Waals surface area contributed by atoms with Crippen LogP contribution < -0.4 is 5.32 Å². The van der Waals surface area contributed by atoms with Crippen molar-refractivity contribution < 1.29 is 8.78 Å². The summed E-state index contributed by atoms with van der Waals surface area (Å²) in [5, 5.41) is 7.41. The third-order valence-electron chi connectivity index (χ3n) is 4.29. The highest BCUT2D eigenvalue weighted by molar-refractivity contribution is 5.62. The number of nitrogens with one attached hydrogen (secondary N) is 1. The highest BCUT2D eigenvalue weighted by Gasteiger charge is 2.22. The number of aryl methyl sites for hydroxylation is 1. The van der Waals surface area contributed by atoms with E-state index in [0.29, 0.717) is 12.2 Å². The summed E-state index contributed by atoms with van der Waals surface area (Å²) in [7, 11) is 0. The first kappa shape index (κ1) is 18.3. The van der Waals surface area contributed by atoms with Crippen LogP contribution in [0.3, 0.4) is 0 Å². The van der Waals surface area contributed by atoms with Crippen LogP contribution in [0.15, 0.2) is 12.3 Å². The fourth-order valence-electron chi connectivity index (χ4n) is 2.21. The summed E-state index contributed by atoms with van der Waals surface area (Å²) in [4.78, 5) is 8.41. The Balaban J connectivity index is 2.46. The molecule has 1 N–H and O–H groups in total. The molecular weight excluding hydrogens is 312 g/mol. The van der Waals surface area contributed by atoms with Crippen molar-refractivity contribution in [2.24, 2.45) is 5.41 Å². The van der Waals surface area contributed by atoms with Crippen LogP contribution in [0.1, 0.15) is 52.4 Å². The number of anilines is 1. The maximum absolute atomic E-state index is 13.2. The van der Waals surface area contributed by atoms with Crippen molar-refractivity contribution in [3.05, 3.63) is 23.7 Å². The normalized spacial score (nSPS) is 13.4. The topological polar surface area (TPSA) is 55.6 Å². The van der Waals surface area contributed by atoms with Crippen LogP contribution in [0, 0.1) is 12.3 Å². The first-order valence-corrected chi connectivity index (χ1v) is 8.10. The van der Waals surface area contributed by atoms with Crippen molar-refractivity contribution in [2.75, 3.05) is 5.32 Å². The summed E-state index contributed by atoms with van der Waals surface area (Å²) >= 11 is 0. The monoisotopic (exact) mass is 337 g/mol. The minimum atomic E-state index is -2.65. The van der Waals surface area contributed by atoms with E-state index in [1.165, 1.54) is 6.07 Å². The van der Waals surface area contributed by atoms with E-state index in [1.54, 1.807) is 6.20 Å². The van der Waals surface area contributed by atoms with E-state index >= 15 is 0 Å². The zero-order valence-corrected chi connectivity index (χ0v) is 15.1. The Kier molecular flexibility index (Phi) is 5.20. The molecule has 0 spiro atoms. The third-order valence-corrected chi connectivity index (χ3v) is 4.29. The van der Waals surface area contributed by atoms with Crippen LogP contribution in [-0.4, -0.2) is 25.8 Å². The van der Waals surface area contributed by atoms with Gasteiger partial charge in [-0.15, -0.1) is 0 Å². The summed E-state index contributed by atoms with van der Waals surface area (Å²) in [6.07, 6.45) is -0.994. The molecule has 5 nitrogen and oxygen atoms in total. The lowest BCUT2D eigenvalue weighted by molar-refractivity contribution is 0.146. The SMILES string of the molecule is CCn1ncc(-c2cc(C(F)F)nc(N[C@@H](C)C(C)(C)C)n2)c1C. The number of hydrogen-bond donors (Lipinski definition) is 1. The van der Waals surface area contributed by atoms with Gasteiger partial charge in [-0.05, 0) is 32.3 Å². The van der Waals surface area contributed by atoms with Crippen molar-refractivity contribution >= 4 is 5.95 Å². The van der Waals surface area contributed by atoms with Gasteiger partial charge in [0.1, 0.15) is 5.69 Å². The van der Waals surface area contributed by atoms with Gasteiger partial charge >= 0.3 is 0 Å². The highest BCUT2D eigenvalue weighted by Crippen LogP contribution is 2.28. The third kappa shape index (κ3) is 3.88. The van der Waals surface area contributed by atoms with Gasteiger partial charge in [-0.25, -0.2) is 18.7 Å². The molecule has 1 atom stereocenters. The molecule has 132 valence electrons. The van der Waals surface area contributed by atoms with Gasteiger partial charge in [-0.1, -0.05) is 20.8 Å². The van der Waals surface area contributed by atoms with Crippen LogP contribution in [0.5, 0.6) is 0 Å². The van der Waals surface area contributed by atoms with Crippen LogP contribution in [-0.2, 0) is 6.54 Å². The summed E-state index contributed by atoms with van der Waals surface area (Å²) in [6, 6.07) is 1.36. The van der Waals surface area contributed by atoms with E-state index in [9.17, 15) is 8.78 Å². The molecule has 7 heteroatoms. The fraction of sp³-hybridized carbons (Fsp3) is 0.588. The van der Waals surface area contributed by atoms with Gasteiger partial charge in [0.05, 0.1) is 11.9 Å². The van der Waals surface area contributed by atoms with Crippen molar-refractivity contribution in [3.8, 4) is 11.3 Å². The Bertz CT molecular complexity index is 703. The molecule has 0 aliphatic rings. The average molecular weight is 337 g/mol. The minimum Gasteiger partial charge on any atom is -0.351 e. The summed E-state index contributed by atoms with van der Waals surface area (Å²) in [5.74, 6) is 0.217. The Labute approximate surface area is 141 Å². The average Bonchev–Trinajstić information content (AvgIpc) is 2.86. The molecule has 0 saturated carbocycles. The van der Waals surface area contributed by atoms with Crippen LogP contribution >= 0.6 is 0 Å². The Morgan fingerprint density at radius 3 is 2.42 bits per heavy atom. The van der Waals surface area contributed by atoms with E-state index in [2.05, 4.69) is 41.2 Å². The molecule has 2 heterocycles. The van der Waals surface area contributed by atoms with Crippen LogP contribution in [0.4, 0.5) is 14.7 Å². The van der Waals surface area contributed by atoms with Gasteiger partial charge in [0, 0.05) is 23.8 Å². The predicted octanol–water partition coefficient (Wildman–Crippen LogP) is 4.45. The van der Waals surface area contributed by atoms with Gasteiger partial charge in [0.25, 0.3) is 6.43 Å². The first-order chi connectivity index (χ1) is 11.1. The molecule has 0 amide bonds. The zero-order chi connectivity index (χ0) is 18.1. The first-order valence-electron chi connectivity index (χ1n) is 8.10. The number of aromatic nitrogens is 4. The molecule has 2 aromatic heterocycles. The van der Waals surface area contributed by atoms with E-state index in [-0.39, 0.29) is 23.1 Å². The fourth-order valence-corrected chi connectivity index (χ4v) is 2.21. The van der Waals surface area contributed by atoms with E-state index in [4.69, 9.17) is 0 Å². The largest absolute Gasteiger partial charge is 0.351 e. The molecule has 2 aromatic rings. The standard InChI is InChI=1S/C17H25F2N5/c1-7-24-10(2)12(9-20-24)13-8-14(15(18)19)23-16(22-13)21-11(3)17(4,5)6/h8-9,11,15H,7H2,1-6H3,(H,21,22,23)/t11-/m0/s1. The molecule has 0 fully saturated rings. The zero-order valence-electron chi connectivity index (χ0n) is 15.1.